The smallest absolute Gasteiger partial charge is 0.270 e. The van der Waals surface area contributed by atoms with E-state index in [9.17, 15) is 4.79 Å². The Bertz CT molecular complexity index is 1130. The molecule has 6 heteroatoms. The Labute approximate surface area is 178 Å². The number of hydrogen-bond donors (Lipinski definition) is 0. The molecule has 0 saturated carbocycles. The molecule has 1 aromatic heterocycles. The molecule has 0 bridgehead atoms. The topological polar surface area (TPSA) is 33.5 Å². The monoisotopic (exact) mass is 425 g/mol. The third-order valence-electron chi connectivity index (χ3n) is 4.41. The quantitative estimate of drug-likeness (QED) is 0.348. The number of thioether (sulfide) groups is 1. The summed E-state index contributed by atoms with van der Waals surface area (Å²) in [7, 11) is 0. The Morgan fingerprint density at radius 2 is 1.93 bits per heavy atom. The molecule has 0 N–H and O–H groups in total. The lowest BCUT2D eigenvalue weighted by Crippen LogP contribution is -2.28. The van der Waals surface area contributed by atoms with E-state index in [1.807, 2.05) is 68.4 Å². The van der Waals surface area contributed by atoms with E-state index in [0.717, 1.165) is 22.4 Å². The molecule has 28 heavy (non-hydrogen) atoms. The van der Waals surface area contributed by atoms with Crippen LogP contribution in [0.1, 0.15) is 16.9 Å². The van der Waals surface area contributed by atoms with Gasteiger partial charge in [-0.3, -0.25) is 9.69 Å². The van der Waals surface area contributed by atoms with E-state index >= 15 is 0 Å². The molecule has 0 atom stereocenters. The molecule has 3 aromatic rings. The van der Waals surface area contributed by atoms with Crippen LogP contribution in [0.2, 0.25) is 5.02 Å². The molecule has 0 unspecified atom stereocenters. The van der Waals surface area contributed by atoms with E-state index in [4.69, 9.17) is 28.2 Å². The van der Waals surface area contributed by atoms with Crippen molar-refractivity contribution in [3.8, 4) is 11.3 Å². The summed E-state index contributed by atoms with van der Waals surface area (Å²) in [6, 6.07) is 17.1. The number of carbonyl (C=O) groups excluding carboxylic acids is 1. The van der Waals surface area contributed by atoms with Crippen LogP contribution >= 0.6 is 35.6 Å². The number of amides is 1. The summed E-state index contributed by atoms with van der Waals surface area (Å²) in [4.78, 5) is 15.1. The predicted molar refractivity (Wildman–Crippen MR) is 121 cm³/mol. The van der Waals surface area contributed by atoms with Crippen molar-refractivity contribution in [2.45, 2.75) is 13.8 Å². The summed E-state index contributed by atoms with van der Waals surface area (Å²) < 4.78 is 6.41. The molecule has 140 valence electrons. The lowest BCUT2D eigenvalue weighted by Gasteiger charge is -2.17. The molecule has 3 nitrogen and oxygen atoms in total. The Morgan fingerprint density at radius 3 is 2.71 bits per heavy atom. The van der Waals surface area contributed by atoms with Crippen molar-refractivity contribution in [2.75, 3.05) is 4.90 Å². The first kappa shape index (κ1) is 19.0. The third-order valence-corrected chi connectivity index (χ3v) is 5.95. The zero-order valence-electron chi connectivity index (χ0n) is 15.2. The first-order chi connectivity index (χ1) is 13.4. The van der Waals surface area contributed by atoms with Crippen LogP contribution in [0.3, 0.4) is 0 Å². The van der Waals surface area contributed by atoms with Gasteiger partial charge in [0.25, 0.3) is 5.91 Å². The molecule has 1 aliphatic rings. The van der Waals surface area contributed by atoms with Crippen LogP contribution < -0.4 is 4.90 Å². The lowest BCUT2D eigenvalue weighted by atomic mass is 10.1. The fourth-order valence-corrected chi connectivity index (χ4v) is 4.45. The van der Waals surface area contributed by atoms with Crippen molar-refractivity contribution < 1.29 is 9.21 Å². The van der Waals surface area contributed by atoms with Crippen molar-refractivity contribution >= 4 is 57.6 Å². The van der Waals surface area contributed by atoms with Crippen molar-refractivity contribution in [3.63, 3.8) is 0 Å². The molecule has 1 amide bonds. The largest absolute Gasteiger partial charge is 0.457 e. The number of carbonyl (C=O) groups is 1. The van der Waals surface area contributed by atoms with Crippen LogP contribution in [-0.4, -0.2) is 10.2 Å². The van der Waals surface area contributed by atoms with Gasteiger partial charge in [-0.05, 0) is 55.3 Å². The number of thiocarbonyl (C=S) groups is 1. The third kappa shape index (κ3) is 3.65. The fourth-order valence-electron chi connectivity index (χ4n) is 2.99. The summed E-state index contributed by atoms with van der Waals surface area (Å²) in [5, 5.41) is 0.643. The van der Waals surface area contributed by atoms with Gasteiger partial charge in [0.2, 0.25) is 0 Å². The minimum Gasteiger partial charge on any atom is -0.457 e. The minimum absolute atomic E-state index is 0.135. The van der Waals surface area contributed by atoms with E-state index in [2.05, 4.69) is 0 Å². The highest BCUT2D eigenvalue weighted by atomic mass is 35.5. The van der Waals surface area contributed by atoms with E-state index < -0.39 is 0 Å². The molecule has 2 heterocycles. The van der Waals surface area contributed by atoms with Crippen LogP contribution in [0.4, 0.5) is 5.69 Å². The van der Waals surface area contributed by atoms with Gasteiger partial charge >= 0.3 is 0 Å². The molecular formula is C22H16ClNO2S2. The first-order valence-corrected chi connectivity index (χ1v) is 10.2. The van der Waals surface area contributed by atoms with Gasteiger partial charge in [-0.25, -0.2) is 0 Å². The maximum Gasteiger partial charge on any atom is 0.270 e. The number of halogens is 1. The van der Waals surface area contributed by atoms with Crippen molar-refractivity contribution in [1.29, 1.82) is 0 Å². The lowest BCUT2D eigenvalue weighted by molar-refractivity contribution is -0.113. The van der Waals surface area contributed by atoms with Gasteiger partial charge < -0.3 is 4.42 Å². The Kier molecular flexibility index (Phi) is 5.15. The highest BCUT2D eigenvalue weighted by Gasteiger charge is 2.34. The van der Waals surface area contributed by atoms with Gasteiger partial charge in [0, 0.05) is 16.7 Å². The molecule has 0 spiro atoms. The fraction of sp³-hybridized carbons (Fsp3) is 0.0909. The van der Waals surface area contributed by atoms with Gasteiger partial charge in [0.05, 0.1) is 10.6 Å². The standard InChI is InChI=1S/C22H16ClNO2S2/c1-13-6-7-14(2)18(10-13)24-21(25)20(28-22(24)27)12-17-8-9-19(26-17)15-4-3-5-16(23)11-15/h3-12H,1-2H3/b20-12+. The van der Waals surface area contributed by atoms with E-state index in [1.165, 1.54) is 11.8 Å². The summed E-state index contributed by atoms with van der Waals surface area (Å²) >= 11 is 12.8. The average Bonchev–Trinajstić information content (AvgIpc) is 3.23. The van der Waals surface area contributed by atoms with Gasteiger partial charge in [0.1, 0.15) is 11.5 Å². The van der Waals surface area contributed by atoms with Crippen molar-refractivity contribution in [2.24, 2.45) is 0 Å². The molecule has 2 aromatic carbocycles. The SMILES string of the molecule is Cc1ccc(C)c(N2C(=O)/C(=C\c3ccc(-c4cccc(Cl)c4)o3)SC2=S)c1. The van der Waals surface area contributed by atoms with Crippen LogP contribution in [-0.2, 0) is 4.79 Å². The van der Waals surface area contributed by atoms with Crippen molar-refractivity contribution in [3.05, 3.63) is 81.4 Å². The van der Waals surface area contributed by atoms with Crippen LogP contribution in [0.5, 0.6) is 0 Å². The molecule has 1 aliphatic heterocycles. The molecule has 0 aliphatic carbocycles. The van der Waals surface area contributed by atoms with Gasteiger partial charge in [-0.1, -0.05) is 59.8 Å². The molecule has 4 rings (SSSR count). The van der Waals surface area contributed by atoms with Gasteiger partial charge in [-0.15, -0.1) is 0 Å². The average molecular weight is 426 g/mol. The number of furan rings is 1. The normalized spacial score (nSPS) is 15.7. The number of rotatable bonds is 3. The Balaban J connectivity index is 1.64. The minimum atomic E-state index is -0.135. The Morgan fingerprint density at radius 1 is 1.11 bits per heavy atom. The molecule has 0 radical (unpaired) electrons. The summed E-state index contributed by atoms with van der Waals surface area (Å²) in [5.41, 5.74) is 3.79. The molecule has 1 saturated heterocycles. The van der Waals surface area contributed by atoms with E-state index in [1.54, 1.807) is 11.0 Å². The molecule has 1 fully saturated rings. The van der Waals surface area contributed by atoms with Crippen molar-refractivity contribution in [1.82, 2.24) is 0 Å². The second-order valence-corrected chi connectivity index (χ2v) is 8.63. The Hall–Kier alpha value is -2.34. The number of aryl methyl sites for hydroxylation is 2. The first-order valence-electron chi connectivity index (χ1n) is 8.63. The summed E-state index contributed by atoms with van der Waals surface area (Å²) in [6.45, 7) is 3.97. The van der Waals surface area contributed by atoms with Gasteiger partial charge in [0.15, 0.2) is 4.32 Å². The highest BCUT2D eigenvalue weighted by molar-refractivity contribution is 8.27. The summed E-state index contributed by atoms with van der Waals surface area (Å²) in [6.07, 6.45) is 1.73. The van der Waals surface area contributed by atoms with Crippen LogP contribution in [0, 0.1) is 13.8 Å². The number of hydrogen-bond acceptors (Lipinski definition) is 4. The second kappa shape index (κ2) is 7.59. The zero-order valence-corrected chi connectivity index (χ0v) is 17.6. The highest BCUT2D eigenvalue weighted by Crippen LogP contribution is 2.38. The summed E-state index contributed by atoms with van der Waals surface area (Å²) in [5.74, 6) is 1.15. The van der Waals surface area contributed by atoms with Crippen LogP contribution in [0.15, 0.2) is 63.9 Å². The number of benzene rings is 2. The number of anilines is 1. The zero-order chi connectivity index (χ0) is 19.8. The molecular weight excluding hydrogens is 410 g/mol. The van der Waals surface area contributed by atoms with Gasteiger partial charge in [-0.2, -0.15) is 0 Å². The predicted octanol–water partition coefficient (Wildman–Crippen LogP) is 6.62. The van der Waals surface area contributed by atoms with E-state index in [-0.39, 0.29) is 5.91 Å². The van der Waals surface area contributed by atoms with E-state index in [0.29, 0.717) is 25.8 Å². The maximum atomic E-state index is 13.0. The number of nitrogens with zero attached hydrogens (tertiary/aromatic N) is 1. The maximum absolute atomic E-state index is 13.0. The van der Waals surface area contributed by atoms with Crippen LogP contribution in [0.25, 0.3) is 17.4 Å². The second-order valence-electron chi connectivity index (χ2n) is 6.52.